The van der Waals surface area contributed by atoms with Gasteiger partial charge in [-0.2, -0.15) is 0 Å². The zero-order valence-electron chi connectivity index (χ0n) is 21.2. The number of hydrogen-bond donors (Lipinski definition) is 3. The molecule has 0 aromatic heterocycles. The molecule has 8 nitrogen and oxygen atoms in total. The molecule has 0 aliphatic carbocycles. The normalized spacial score (nSPS) is 10.7. The molecule has 0 atom stereocenters. The molecule has 0 saturated carbocycles. The quantitative estimate of drug-likeness (QED) is 0.0805. The lowest BCUT2D eigenvalue weighted by molar-refractivity contribution is 0.0731. The molecule has 4 aromatic carbocycles. The van der Waals surface area contributed by atoms with Gasteiger partial charge in [0.25, 0.3) is 0 Å². The maximum absolute atomic E-state index is 12.8. The smallest absolute Gasteiger partial charge is 0.347 e. The summed E-state index contributed by atoms with van der Waals surface area (Å²) in [5.41, 5.74) is 12.8. The fraction of sp³-hybridized carbons (Fsp3) is 0.100. The second-order valence-electron chi connectivity index (χ2n) is 8.24. The number of anilines is 2. The number of methoxy groups -OCH3 is 3. The van der Waals surface area contributed by atoms with Gasteiger partial charge in [0.15, 0.2) is 0 Å². The molecule has 0 saturated heterocycles. The van der Waals surface area contributed by atoms with Gasteiger partial charge < -0.3 is 24.7 Å². The topological polar surface area (TPSA) is 112 Å². The Balaban J connectivity index is 1.57. The minimum absolute atomic E-state index is 0.263. The summed E-state index contributed by atoms with van der Waals surface area (Å²) in [5, 5.41) is 8.97. The van der Waals surface area contributed by atoms with Gasteiger partial charge in [-0.3, -0.25) is 10.7 Å². The Morgan fingerprint density at radius 1 is 0.789 bits per heavy atom. The highest BCUT2D eigenvalue weighted by Crippen LogP contribution is 2.37. The zero-order valence-corrected chi connectivity index (χ0v) is 21.2. The number of nitrogens with two attached hydrogens (primary N) is 1. The molecular weight excluding hydrogens is 484 g/mol. The number of carbonyl (C=O) groups is 1. The molecule has 8 heteroatoms. The minimum Gasteiger partial charge on any atom is -0.496 e. The van der Waals surface area contributed by atoms with E-state index in [0.717, 1.165) is 22.3 Å². The van der Waals surface area contributed by atoms with Crippen molar-refractivity contribution < 1.29 is 28.9 Å². The van der Waals surface area contributed by atoms with Gasteiger partial charge >= 0.3 is 5.97 Å². The van der Waals surface area contributed by atoms with E-state index < -0.39 is 5.97 Å². The zero-order chi connectivity index (χ0) is 27.1. The predicted molar refractivity (Wildman–Crippen MR) is 148 cm³/mol. The lowest BCUT2D eigenvalue weighted by Crippen LogP contribution is -2.10. The van der Waals surface area contributed by atoms with Crippen molar-refractivity contribution in [2.45, 2.75) is 0 Å². The van der Waals surface area contributed by atoms with Gasteiger partial charge in [0.2, 0.25) is 0 Å². The molecule has 0 aliphatic heterocycles. The van der Waals surface area contributed by atoms with Gasteiger partial charge in [0.1, 0.15) is 28.6 Å². The molecule has 0 unspecified atom stereocenters. The molecule has 0 aliphatic rings. The Morgan fingerprint density at radius 3 is 2.21 bits per heavy atom. The Kier molecular flexibility index (Phi) is 8.15. The molecule has 4 rings (SSSR count). The van der Waals surface area contributed by atoms with E-state index in [0.29, 0.717) is 34.4 Å². The van der Waals surface area contributed by atoms with Crippen LogP contribution in [0.15, 0.2) is 78.9 Å². The van der Waals surface area contributed by atoms with E-state index in [-0.39, 0.29) is 5.56 Å². The van der Waals surface area contributed by atoms with Crippen LogP contribution in [0.25, 0.3) is 23.3 Å². The van der Waals surface area contributed by atoms with Crippen LogP contribution >= 0.6 is 0 Å². The average Bonchev–Trinajstić information content (AvgIpc) is 2.96. The Hall–Kier alpha value is -4.95. The van der Waals surface area contributed by atoms with E-state index in [1.54, 1.807) is 56.7 Å². The lowest BCUT2D eigenvalue weighted by Gasteiger charge is -2.14. The maximum Gasteiger partial charge on any atom is 0.347 e. The van der Waals surface area contributed by atoms with Crippen LogP contribution in [-0.4, -0.2) is 32.5 Å². The fourth-order valence-corrected chi connectivity index (χ4v) is 3.88. The van der Waals surface area contributed by atoms with Crippen molar-refractivity contribution in [3.8, 4) is 34.1 Å². The Bertz CT molecular complexity index is 1460. The van der Waals surface area contributed by atoms with Crippen LogP contribution in [0.5, 0.6) is 23.0 Å². The van der Waals surface area contributed by atoms with Crippen molar-refractivity contribution in [2.75, 3.05) is 32.5 Å². The third kappa shape index (κ3) is 5.88. The summed E-state index contributed by atoms with van der Waals surface area (Å²) in [6.07, 6.45) is 3.91. The molecule has 0 bridgehead atoms. The first kappa shape index (κ1) is 26.1. The number of ether oxygens (including phenoxy) is 4. The van der Waals surface area contributed by atoms with E-state index in [2.05, 4.69) is 5.48 Å². The molecular formula is C30H28N2O6. The number of nitrogens with one attached hydrogen (secondary N) is 1. The number of hydrogen-bond acceptors (Lipinski definition) is 8. The van der Waals surface area contributed by atoms with Crippen molar-refractivity contribution in [2.24, 2.45) is 0 Å². The third-order valence-corrected chi connectivity index (χ3v) is 5.87. The van der Waals surface area contributed by atoms with Gasteiger partial charge in [0, 0.05) is 28.9 Å². The molecule has 4 aromatic rings. The van der Waals surface area contributed by atoms with Crippen LogP contribution in [-0.2, 0) is 0 Å². The van der Waals surface area contributed by atoms with Crippen LogP contribution in [0, 0.1) is 0 Å². The summed E-state index contributed by atoms with van der Waals surface area (Å²) in [6, 6.07) is 23.1. The minimum atomic E-state index is -0.572. The molecule has 194 valence electrons. The van der Waals surface area contributed by atoms with E-state index in [1.807, 2.05) is 48.6 Å². The first-order valence-corrected chi connectivity index (χ1v) is 11.7. The summed E-state index contributed by atoms with van der Waals surface area (Å²) in [4.78, 5) is 12.8. The molecule has 4 N–H and O–H groups in total. The van der Waals surface area contributed by atoms with Crippen LogP contribution in [0.4, 0.5) is 11.4 Å². The first-order valence-electron chi connectivity index (χ1n) is 11.7. The van der Waals surface area contributed by atoms with Crippen molar-refractivity contribution in [3.63, 3.8) is 0 Å². The second kappa shape index (κ2) is 11.9. The molecule has 38 heavy (non-hydrogen) atoms. The Labute approximate surface area is 220 Å². The van der Waals surface area contributed by atoms with Crippen LogP contribution in [0.3, 0.4) is 0 Å². The number of benzene rings is 4. The van der Waals surface area contributed by atoms with E-state index >= 15 is 0 Å². The van der Waals surface area contributed by atoms with Crippen molar-refractivity contribution in [3.05, 3.63) is 95.6 Å². The summed E-state index contributed by atoms with van der Waals surface area (Å²) >= 11 is 0. The number of carbonyl (C=O) groups excluding carboxylic acids is 1. The molecule has 0 heterocycles. The van der Waals surface area contributed by atoms with Gasteiger partial charge in [-0.05, 0) is 53.6 Å². The number of nitrogen functional groups attached to an aromatic ring is 1. The number of esters is 1. The van der Waals surface area contributed by atoms with Crippen LogP contribution in [0.2, 0.25) is 0 Å². The van der Waals surface area contributed by atoms with E-state index in [4.69, 9.17) is 29.9 Å². The summed E-state index contributed by atoms with van der Waals surface area (Å²) < 4.78 is 22.1. The van der Waals surface area contributed by atoms with Crippen molar-refractivity contribution in [1.82, 2.24) is 0 Å². The predicted octanol–water partition coefficient (Wildman–Crippen LogP) is 6.15. The first-order chi connectivity index (χ1) is 18.4. The number of rotatable bonds is 9. The highest BCUT2D eigenvalue weighted by atomic mass is 16.5. The van der Waals surface area contributed by atoms with Gasteiger partial charge in [-0.15, -0.1) is 0 Å². The molecule has 0 radical (unpaired) electrons. The van der Waals surface area contributed by atoms with Gasteiger partial charge in [0.05, 0.1) is 27.0 Å². The standard InChI is InChI=1S/C30H28N2O6/c1-35-27-16-21(9-8-20(27)7-4-19-5-11-23(32-34)12-6-19)25-15-13-24(18-29(25)37-3)38-30(33)26-14-10-22(31)17-28(26)36-2/h4-18,32,34H,31H2,1-3H3/b7-4+. The SMILES string of the molecule is COc1cc(-c2ccc(OC(=O)c3ccc(N)cc3OC)cc2OC)ccc1/C=C/c1ccc(NO)cc1. The average molecular weight is 513 g/mol. The Morgan fingerprint density at radius 2 is 1.53 bits per heavy atom. The van der Waals surface area contributed by atoms with Crippen molar-refractivity contribution >= 4 is 29.5 Å². The molecule has 0 amide bonds. The third-order valence-electron chi connectivity index (χ3n) is 5.87. The van der Waals surface area contributed by atoms with Gasteiger partial charge in [-0.25, -0.2) is 4.79 Å². The maximum atomic E-state index is 12.8. The highest BCUT2D eigenvalue weighted by Gasteiger charge is 2.17. The summed E-state index contributed by atoms with van der Waals surface area (Å²) in [7, 11) is 4.63. The molecule has 0 spiro atoms. The highest BCUT2D eigenvalue weighted by molar-refractivity contribution is 5.94. The largest absolute Gasteiger partial charge is 0.496 e. The molecule has 0 fully saturated rings. The van der Waals surface area contributed by atoms with Crippen molar-refractivity contribution in [1.29, 1.82) is 0 Å². The lowest BCUT2D eigenvalue weighted by atomic mass is 10.0. The summed E-state index contributed by atoms with van der Waals surface area (Å²) in [5.74, 6) is 1.29. The fourth-order valence-electron chi connectivity index (χ4n) is 3.88. The van der Waals surface area contributed by atoms with E-state index in [9.17, 15) is 4.79 Å². The summed E-state index contributed by atoms with van der Waals surface area (Å²) in [6.45, 7) is 0. The monoisotopic (exact) mass is 512 g/mol. The second-order valence-corrected chi connectivity index (χ2v) is 8.24. The van der Waals surface area contributed by atoms with E-state index in [1.165, 1.54) is 7.11 Å². The van der Waals surface area contributed by atoms with Crippen LogP contribution < -0.4 is 30.2 Å². The van der Waals surface area contributed by atoms with Crippen LogP contribution in [0.1, 0.15) is 21.5 Å². The van der Waals surface area contributed by atoms with Gasteiger partial charge in [-0.1, -0.05) is 36.4 Å².